The molecule has 31 heavy (non-hydrogen) atoms. The zero-order chi connectivity index (χ0) is 23.6. The zero-order valence-electron chi connectivity index (χ0n) is 21.8. The van der Waals surface area contributed by atoms with Gasteiger partial charge in [0, 0.05) is 0 Å². The summed E-state index contributed by atoms with van der Waals surface area (Å²) < 4.78 is 17.9. The van der Waals surface area contributed by atoms with Gasteiger partial charge in [-0.15, -0.1) is 0 Å². The van der Waals surface area contributed by atoms with Crippen LogP contribution in [0.3, 0.4) is 0 Å². The van der Waals surface area contributed by atoms with E-state index in [0.29, 0.717) is 0 Å². The van der Waals surface area contributed by atoms with E-state index in [1.54, 1.807) is 0 Å². The van der Waals surface area contributed by atoms with Crippen LogP contribution in [0.1, 0.15) is 38.3 Å². The first-order chi connectivity index (χ1) is 14.2. The van der Waals surface area contributed by atoms with Crippen LogP contribution >= 0.6 is 15.4 Å². The first-order valence-electron chi connectivity index (χ1n) is 11.2. The second kappa shape index (κ2) is 10.3. The van der Waals surface area contributed by atoms with E-state index in [1.807, 2.05) is 0 Å². The van der Waals surface area contributed by atoms with Gasteiger partial charge in [0.15, 0.2) is 0 Å². The summed E-state index contributed by atoms with van der Waals surface area (Å²) in [5, 5.41) is 0. The van der Waals surface area contributed by atoms with Crippen molar-refractivity contribution < 1.29 is 0 Å². The van der Waals surface area contributed by atoms with Gasteiger partial charge in [0.25, 0.3) is 0 Å². The van der Waals surface area contributed by atoms with Gasteiger partial charge in [0.1, 0.15) is 0 Å². The summed E-state index contributed by atoms with van der Waals surface area (Å²) in [6, 6.07) is 8.97. The van der Waals surface area contributed by atoms with Crippen molar-refractivity contribution in [3.05, 3.63) is 35.4 Å². The molecule has 1 heterocycles. The average molecular weight is 472 g/mol. The average Bonchev–Trinajstić information content (AvgIpc) is 2.63. The Kier molecular flexibility index (Phi) is 8.91. The molecule has 0 aliphatic carbocycles. The second-order valence-corrected chi connectivity index (χ2v) is 17.8. The molecule has 1 aliphatic heterocycles. The van der Waals surface area contributed by atoms with Gasteiger partial charge in [-0.1, -0.05) is 0 Å². The standard InChI is InChI=1S/C22H47N7P2/c1-20-13-15-21(16-14-20)19-29-18-12-17-28(11)30(29,23-22(2,3)4)24-31(25(5)6,26(7)8)27(9)10/h13-16,24,31H,12,17-19H2,1-11H3. The molecule has 0 aromatic heterocycles. The fourth-order valence-electron chi connectivity index (χ4n) is 4.50. The van der Waals surface area contributed by atoms with Crippen LogP contribution < -0.4 is 4.86 Å². The van der Waals surface area contributed by atoms with E-state index in [2.05, 4.69) is 130 Å². The van der Waals surface area contributed by atoms with Crippen molar-refractivity contribution >= 4 is 15.4 Å². The Hall–Kier alpha value is -0.360. The van der Waals surface area contributed by atoms with Crippen molar-refractivity contribution in [1.29, 1.82) is 0 Å². The van der Waals surface area contributed by atoms with Crippen LogP contribution in [0.4, 0.5) is 0 Å². The predicted molar refractivity (Wildman–Crippen MR) is 140 cm³/mol. The van der Waals surface area contributed by atoms with Crippen LogP contribution in [0.25, 0.3) is 0 Å². The van der Waals surface area contributed by atoms with Gasteiger partial charge in [0.2, 0.25) is 0 Å². The maximum atomic E-state index is 5.61. The minimum atomic E-state index is -2.37. The Morgan fingerprint density at radius 2 is 1.48 bits per heavy atom. The molecule has 2 rings (SSSR count). The molecular weight excluding hydrogens is 424 g/mol. The summed E-state index contributed by atoms with van der Waals surface area (Å²) in [5.41, 5.74) is 2.50. The molecule has 1 aromatic carbocycles. The molecule has 0 amide bonds. The molecule has 1 aliphatic rings. The number of nitrogens with zero attached hydrogens (tertiary/aromatic N) is 6. The van der Waals surface area contributed by atoms with Gasteiger partial charge in [-0.25, -0.2) is 0 Å². The van der Waals surface area contributed by atoms with Gasteiger partial charge in [0.05, 0.1) is 0 Å². The quantitative estimate of drug-likeness (QED) is 0.588. The Morgan fingerprint density at radius 3 is 1.94 bits per heavy atom. The van der Waals surface area contributed by atoms with E-state index < -0.39 is 15.4 Å². The predicted octanol–water partition coefficient (Wildman–Crippen LogP) is 4.56. The Bertz CT molecular complexity index is 747. The first-order valence-corrected chi connectivity index (χ1v) is 14.7. The number of hydrogen-bond acceptors (Lipinski definition) is 4. The third-order valence-electron chi connectivity index (χ3n) is 5.86. The molecule has 1 N–H and O–H groups in total. The van der Waals surface area contributed by atoms with Crippen LogP contribution in [-0.2, 0) is 6.54 Å². The minimum absolute atomic E-state index is 0.150. The van der Waals surface area contributed by atoms with E-state index >= 15 is 0 Å². The third kappa shape index (κ3) is 5.96. The fraction of sp³-hybridized carbons (Fsp3) is 0.727. The summed E-state index contributed by atoms with van der Waals surface area (Å²) in [6.07, 6.45) is 1.16. The molecule has 0 saturated carbocycles. The van der Waals surface area contributed by atoms with Gasteiger partial charge in [-0.2, -0.15) is 0 Å². The van der Waals surface area contributed by atoms with Crippen molar-refractivity contribution in [3.8, 4) is 0 Å². The summed E-state index contributed by atoms with van der Waals surface area (Å²) in [7, 11) is 10.9. The van der Waals surface area contributed by atoms with Gasteiger partial charge in [-0.3, -0.25) is 0 Å². The SMILES string of the molecule is Cc1ccc(CN2CCCN(C)P2(=NC(C)(C)C)N[PH](N(C)C)(N(C)C)N(C)C)cc1. The maximum absolute atomic E-state index is 5.61. The van der Waals surface area contributed by atoms with Crippen molar-refractivity contribution in [2.75, 3.05) is 62.4 Å². The molecule has 1 atom stereocenters. The molecule has 9 heteroatoms. The third-order valence-corrected chi connectivity index (χ3v) is 15.2. The first kappa shape index (κ1) is 26.9. The van der Waals surface area contributed by atoms with E-state index in [4.69, 9.17) is 4.74 Å². The molecule has 0 spiro atoms. The molecule has 7 nitrogen and oxygen atoms in total. The van der Waals surface area contributed by atoms with E-state index in [-0.39, 0.29) is 5.54 Å². The van der Waals surface area contributed by atoms with Gasteiger partial charge < -0.3 is 0 Å². The van der Waals surface area contributed by atoms with Crippen molar-refractivity contribution in [3.63, 3.8) is 0 Å². The van der Waals surface area contributed by atoms with Crippen molar-refractivity contribution in [1.82, 2.24) is 28.2 Å². The number of benzene rings is 1. The van der Waals surface area contributed by atoms with E-state index in [1.165, 1.54) is 11.1 Å². The number of aryl methyl sites for hydroxylation is 1. The summed E-state index contributed by atoms with van der Waals surface area (Å²) in [4.78, 5) is 4.28. The molecule has 1 aromatic rings. The topological polar surface area (TPSA) is 40.6 Å². The monoisotopic (exact) mass is 471 g/mol. The summed E-state index contributed by atoms with van der Waals surface area (Å²) in [6.45, 7) is 11.9. The molecule has 1 fully saturated rings. The fourth-order valence-corrected chi connectivity index (χ4v) is 15.1. The Balaban J connectivity index is 2.68. The van der Waals surface area contributed by atoms with Gasteiger partial charge >= 0.3 is 192 Å². The Morgan fingerprint density at radius 1 is 0.968 bits per heavy atom. The number of rotatable bonds is 7. The molecule has 180 valence electrons. The Labute approximate surface area is 192 Å². The molecular formula is C22H47N7P2. The van der Waals surface area contributed by atoms with Crippen molar-refractivity contribution in [2.24, 2.45) is 4.74 Å². The summed E-state index contributed by atoms with van der Waals surface area (Å²) >= 11 is 0. The molecule has 0 radical (unpaired) electrons. The summed E-state index contributed by atoms with van der Waals surface area (Å²) in [5.74, 6) is 0. The van der Waals surface area contributed by atoms with E-state index in [0.717, 1.165) is 26.1 Å². The van der Waals surface area contributed by atoms with Gasteiger partial charge in [-0.05, 0) is 0 Å². The van der Waals surface area contributed by atoms with Crippen LogP contribution in [-0.4, -0.2) is 91.3 Å². The van der Waals surface area contributed by atoms with Crippen LogP contribution in [0, 0.1) is 6.92 Å². The molecule has 1 unspecified atom stereocenters. The molecule has 0 bridgehead atoms. The number of nitrogens with one attached hydrogen (secondary N) is 1. The normalized spacial score (nSPS) is 22.5. The van der Waals surface area contributed by atoms with Crippen LogP contribution in [0.15, 0.2) is 29.0 Å². The van der Waals surface area contributed by atoms with Crippen LogP contribution in [0.2, 0.25) is 0 Å². The van der Waals surface area contributed by atoms with Crippen molar-refractivity contribution in [2.45, 2.75) is 46.2 Å². The zero-order valence-corrected chi connectivity index (χ0v) is 23.7. The second-order valence-electron chi connectivity index (χ2n) is 10.4. The van der Waals surface area contributed by atoms with E-state index in [9.17, 15) is 0 Å². The molecule has 1 saturated heterocycles. The number of hydrogen-bond donors (Lipinski definition) is 1. The van der Waals surface area contributed by atoms with Crippen LogP contribution in [0.5, 0.6) is 0 Å².